The zero-order valence-corrected chi connectivity index (χ0v) is 25.4. The van der Waals surface area contributed by atoms with Crippen LogP contribution in [0.15, 0.2) is 36.4 Å². The van der Waals surface area contributed by atoms with Gasteiger partial charge >= 0.3 is 0 Å². The quantitative estimate of drug-likeness (QED) is 0.244. The lowest BCUT2D eigenvalue weighted by atomic mass is 9.87. The fourth-order valence-electron chi connectivity index (χ4n) is 6.17. The van der Waals surface area contributed by atoms with Crippen molar-refractivity contribution in [1.82, 2.24) is 4.90 Å². The Morgan fingerprint density at radius 1 is 1.00 bits per heavy atom. The summed E-state index contributed by atoms with van der Waals surface area (Å²) in [5.41, 5.74) is 2.44. The average Bonchev–Trinajstić information content (AvgIpc) is 2.82. The summed E-state index contributed by atoms with van der Waals surface area (Å²) in [5, 5.41) is 11.6. The molecule has 0 radical (unpaired) electrons. The Labute approximate surface area is 232 Å². The molecule has 0 aromatic heterocycles. The highest BCUT2D eigenvalue weighted by Crippen LogP contribution is 2.46. The van der Waals surface area contributed by atoms with Gasteiger partial charge < -0.3 is 9.53 Å². The van der Waals surface area contributed by atoms with Crippen molar-refractivity contribution in [2.75, 3.05) is 6.54 Å². The van der Waals surface area contributed by atoms with Crippen molar-refractivity contribution in [3.05, 3.63) is 63.4 Å². The lowest BCUT2D eigenvalue weighted by Gasteiger charge is -2.42. The highest BCUT2D eigenvalue weighted by Gasteiger charge is 2.47. The number of carbonyl (C=O) groups excluding carboxylic acids is 1. The van der Waals surface area contributed by atoms with Crippen LogP contribution in [-0.4, -0.2) is 42.9 Å². The smallest absolute Gasteiger partial charge is 0.258 e. The van der Waals surface area contributed by atoms with Crippen molar-refractivity contribution >= 4 is 37.3 Å². The number of hydrogen-bond donors (Lipinski definition) is 1. The fraction of sp³-hybridized carbons (Fsp3) is 0.552. The molecule has 37 heavy (non-hydrogen) atoms. The summed E-state index contributed by atoms with van der Waals surface area (Å²) >= 11 is 13.4. The number of benzene rings is 2. The van der Waals surface area contributed by atoms with E-state index >= 15 is 0 Å². The predicted octanol–water partition coefficient (Wildman–Crippen LogP) is 8.46. The Hall–Kier alpha value is -1.44. The van der Waals surface area contributed by atoms with Gasteiger partial charge in [-0.25, -0.2) is 4.39 Å². The Kier molecular flexibility index (Phi) is 9.90. The van der Waals surface area contributed by atoms with Crippen LogP contribution in [0, 0.1) is 5.82 Å². The molecule has 204 valence electrons. The van der Waals surface area contributed by atoms with E-state index in [1.54, 1.807) is 31.2 Å². The van der Waals surface area contributed by atoms with Crippen LogP contribution in [-0.2, 0) is 0 Å². The SMILES string of the molecule is CC(C(=O)c1cc(Cl)c(O[Si](C(C)C)(C(C)C)C(C)C)c(Cl)c1)N1CCC(c2ccc(F)cc2)CC1O. The number of likely N-dealkylation sites (tertiary alicyclic amines) is 1. The van der Waals surface area contributed by atoms with Gasteiger partial charge in [0.15, 0.2) is 5.78 Å². The van der Waals surface area contributed by atoms with Crippen LogP contribution in [0.25, 0.3) is 0 Å². The first-order valence-electron chi connectivity index (χ1n) is 13.2. The van der Waals surface area contributed by atoms with Crippen LogP contribution in [0.1, 0.15) is 83.1 Å². The number of piperidine rings is 1. The predicted molar refractivity (Wildman–Crippen MR) is 153 cm³/mol. The highest BCUT2D eigenvalue weighted by molar-refractivity contribution is 6.78. The third-order valence-electron chi connectivity index (χ3n) is 8.10. The number of aliphatic hydroxyl groups is 1. The minimum atomic E-state index is -2.29. The van der Waals surface area contributed by atoms with Crippen LogP contribution >= 0.6 is 23.2 Å². The van der Waals surface area contributed by atoms with E-state index in [1.807, 2.05) is 4.90 Å². The zero-order valence-electron chi connectivity index (χ0n) is 22.9. The Morgan fingerprint density at radius 2 is 1.51 bits per heavy atom. The third kappa shape index (κ3) is 6.25. The number of aliphatic hydroxyl groups excluding tert-OH is 1. The minimum Gasteiger partial charge on any atom is -0.541 e. The summed E-state index contributed by atoms with van der Waals surface area (Å²) in [6.45, 7) is 15.5. The van der Waals surface area contributed by atoms with E-state index in [0.29, 0.717) is 50.9 Å². The second-order valence-electron chi connectivity index (χ2n) is 11.2. The first-order chi connectivity index (χ1) is 17.3. The van der Waals surface area contributed by atoms with E-state index in [2.05, 4.69) is 41.5 Å². The second-order valence-corrected chi connectivity index (χ2v) is 17.4. The largest absolute Gasteiger partial charge is 0.541 e. The van der Waals surface area contributed by atoms with E-state index in [1.165, 1.54) is 12.1 Å². The Morgan fingerprint density at radius 3 is 1.97 bits per heavy atom. The van der Waals surface area contributed by atoms with E-state index in [9.17, 15) is 14.3 Å². The molecule has 0 aliphatic carbocycles. The second kappa shape index (κ2) is 12.2. The molecule has 1 saturated heterocycles. The van der Waals surface area contributed by atoms with Crippen molar-refractivity contribution in [2.45, 2.75) is 96.1 Å². The summed E-state index contributed by atoms with van der Waals surface area (Å²) in [5.74, 6) is 0.132. The third-order valence-corrected chi connectivity index (χ3v) is 14.6. The molecule has 1 heterocycles. The maximum absolute atomic E-state index is 13.5. The zero-order chi connectivity index (χ0) is 27.7. The Balaban J connectivity index is 1.79. The maximum Gasteiger partial charge on any atom is 0.258 e. The van der Waals surface area contributed by atoms with Crippen LogP contribution < -0.4 is 4.43 Å². The van der Waals surface area contributed by atoms with Gasteiger partial charge in [-0.2, -0.15) is 0 Å². The van der Waals surface area contributed by atoms with E-state index < -0.39 is 20.6 Å². The van der Waals surface area contributed by atoms with E-state index in [0.717, 1.165) is 12.0 Å². The minimum absolute atomic E-state index is 0.113. The molecule has 1 aliphatic heterocycles. The van der Waals surface area contributed by atoms with Crippen molar-refractivity contribution in [3.8, 4) is 5.75 Å². The van der Waals surface area contributed by atoms with E-state index in [4.69, 9.17) is 27.6 Å². The average molecular weight is 569 g/mol. The number of halogens is 3. The summed E-state index contributed by atoms with van der Waals surface area (Å²) < 4.78 is 20.0. The standard InChI is InChI=1S/C29H40Cl2FNO3Si/c1-17(2)37(18(3)4,19(5)6)36-29-25(30)14-23(15-26(29)31)28(35)20(7)33-13-12-22(16-27(33)34)21-8-10-24(32)11-9-21/h8-11,14-15,17-20,22,27,34H,12-13,16H2,1-7H3. The van der Waals surface area contributed by atoms with Crippen LogP contribution in [0.5, 0.6) is 5.75 Å². The first-order valence-corrected chi connectivity index (χ1v) is 16.1. The van der Waals surface area contributed by atoms with Gasteiger partial charge in [-0.3, -0.25) is 9.69 Å². The number of rotatable bonds is 9. The summed E-state index contributed by atoms with van der Waals surface area (Å²) in [6.07, 6.45) is 0.455. The first kappa shape index (κ1) is 30.1. The van der Waals surface area contributed by atoms with Crippen molar-refractivity contribution in [1.29, 1.82) is 0 Å². The lowest BCUT2D eigenvalue weighted by Crippen LogP contribution is -2.51. The summed E-state index contributed by atoms with van der Waals surface area (Å²) in [6, 6.07) is 9.13. The molecule has 1 aliphatic rings. The molecule has 4 nitrogen and oxygen atoms in total. The molecule has 3 unspecified atom stereocenters. The molecule has 0 spiro atoms. The normalized spacial score (nSPS) is 20.1. The van der Waals surface area contributed by atoms with Crippen LogP contribution in [0.4, 0.5) is 4.39 Å². The molecule has 8 heteroatoms. The number of hydrogen-bond acceptors (Lipinski definition) is 4. The highest BCUT2D eigenvalue weighted by atomic mass is 35.5. The molecule has 2 aromatic rings. The molecule has 0 bridgehead atoms. The number of nitrogens with zero attached hydrogens (tertiary/aromatic N) is 1. The van der Waals surface area contributed by atoms with Crippen molar-refractivity contribution < 1.29 is 18.7 Å². The van der Waals surface area contributed by atoms with Gasteiger partial charge in [-0.15, -0.1) is 0 Å². The number of carbonyl (C=O) groups is 1. The monoisotopic (exact) mass is 567 g/mol. The molecule has 1 fully saturated rings. The molecular formula is C29H40Cl2FNO3Si. The van der Waals surface area contributed by atoms with Gasteiger partial charge in [0, 0.05) is 12.1 Å². The molecule has 3 atom stereocenters. The molecule has 1 N–H and O–H groups in total. The molecular weight excluding hydrogens is 528 g/mol. The Bertz CT molecular complexity index is 1050. The fourth-order valence-corrected chi connectivity index (χ4v) is 12.1. The maximum atomic E-state index is 13.5. The number of Topliss-reactive ketones (excluding diaryl/α,β-unsaturated/α-hetero) is 1. The molecule has 2 aromatic carbocycles. The molecule has 3 rings (SSSR count). The van der Waals surface area contributed by atoms with Crippen LogP contribution in [0.3, 0.4) is 0 Å². The van der Waals surface area contributed by atoms with Gasteiger partial charge in [-0.05, 0) is 72.1 Å². The molecule has 0 saturated carbocycles. The van der Waals surface area contributed by atoms with Crippen molar-refractivity contribution in [3.63, 3.8) is 0 Å². The van der Waals surface area contributed by atoms with Crippen LogP contribution in [0.2, 0.25) is 26.7 Å². The van der Waals surface area contributed by atoms with Gasteiger partial charge in [-0.1, -0.05) is 76.9 Å². The van der Waals surface area contributed by atoms with Gasteiger partial charge in [0.05, 0.1) is 16.1 Å². The van der Waals surface area contributed by atoms with Gasteiger partial charge in [0.25, 0.3) is 8.32 Å². The summed E-state index contributed by atoms with van der Waals surface area (Å²) in [4.78, 5) is 15.3. The lowest BCUT2D eigenvalue weighted by molar-refractivity contribution is -0.0460. The topological polar surface area (TPSA) is 49.8 Å². The van der Waals surface area contributed by atoms with Crippen molar-refractivity contribution in [2.24, 2.45) is 0 Å². The number of ketones is 1. The molecule has 0 amide bonds. The van der Waals surface area contributed by atoms with Gasteiger partial charge in [0.1, 0.15) is 17.8 Å². The van der Waals surface area contributed by atoms with E-state index in [-0.39, 0.29) is 17.5 Å². The van der Waals surface area contributed by atoms with Gasteiger partial charge in [0.2, 0.25) is 0 Å². The summed E-state index contributed by atoms with van der Waals surface area (Å²) in [7, 11) is -2.29.